The average molecular weight is 288 g/mol. The van der Waals surface area contributed by atoms with Crippen LogP contribution in [0.3, 0.4) is 0 Å². The van der Waals surface area contributed by atoms with Crippen molar-refractivity contribution in [3.05, 3.63) is 35.9 Å². The molecule has 3 N–H and O–H groups in total. The Kier molecular flexibility index (Phi) is 5.47. The van der Waals surface area contributed by atoms with Crippen molar-refractivity contribution in [2.75, 3.05) is 0 Å². The normalized spacial score (nSPS) is 25.9. The summed E-state index contributed by atoms with van der Waals surface area (Å²) >= 11 is 0. The summed E-state index contributed by atoms with van der Waals surface area (Å²) in [5.74, 6) is 0.437. The molecular formula is C16H24N4O. The number of rotatable bonds is 5. The third-order valence-electron chi connectivity index (χ3n) is 4.07. The zero-order valence-corrected chi connectivity index (χ0v) is 12.9. The van der Waals surface area contributed by atoms with Crippen molar-refractivity contribution in [2.45, 2.75) is 45.7 Å². The Morgan fingerprint density at radius 1 is 1.19 bits per heavy atom. The minimum atomic E-state index is -0.0309. The lowest BCUT2D eigenvalue weighted by molar-refractivity contribution is -0.121. The Labute approximate surface area is 126 Å². The van der Waals surface area contributed by atoms with E-state index in [1.54, 1.807) is 0 Å². The highest BCUT2D eigenvalue weighted by Gasteiger charge is 2.29. The number of nitrogens with one attached hydrogen (secondary N) is 3. The number of hydrogen-bond donors (Lipinski definition) is 3. The van der Waals surface area contributed by atoms with Crippen LogP contribution in [-0.2, 0) is 4.79 Å². The van der Waals surface area contributed by atoms with Gasteiger partial charge in [0.05, 0.1) is 5.71 Å². The van der Waals surface area contributed by atoms with Crippen LogP contribution >= 0.6 is 0 Å². The highest BCUT2D eigenvalue weighted by atomic mass is 16.2. The Bertz CT molecular complexity index is 490. The molecule has 0 spiro atoms. The Morgan fingerprint density at radius 2 is 1.81 bits per heavy atom. The monoisotopic (exact) mass is 288 g/mol. The van der Waals surface area contributed by atoms with Gasteiger partial charge >= 0.3 is 0 Å². The summed E-state index contributed by atoms with van der Waals surface area (Å²) in [7, 11) is 0. The van der Waals surface area contributed by atoms with Gasteiger partial charge in [-0.1, -0.05) is 30.3 Å². The van der Waals surface area contributed by atoms with E-state index in [0.29, 0.717) is 24.4 Å². The van der Waals surface area contributed by atoms with Crippen LogP contribution in [0.2, 0.25) is 0 Å². The van der Waals surface area contributed by atoms with E-state index in [-0.39, 0.29) is 5.91 Å². The van der Waals surface area contributed by atoms with Crippen LogP contribution in [0.5, 0.6) is 0 Å². The van der Waals surface area contributed by atoms with Crippen LogP contribution in [0.4, 0.5) is 0 Å². The summed E-state index contributed by atoms with van der Waals surface area (Å²) in [6.45, 7) is 6.16. The van der Waals surface area contributed by atoms with Gasteiger partial charge in [-0.2, -0.15) is 5.10 Å². The lowest BCUT2D eigenvalue weighted by Gasteiger charge is -2.16. The van der Waals surface area contributed by atoms with Crippen molar-refractivity contribution in [1.82, 2.24) is 16.3 Å². The Morgan fingerprint density at radius 3 is 2.43 bits per heavy atom. The van der Waals surface area contributed by atoms with E-state index in [1.807, 2.05) is 37.3 Å². The lowest BCUT2D eigenvalue weighted by Crippen LogP contribution is -2.30. The standard InChI is InChI=1S/C16H24N4O/c1-11(14-7-5-4-6-8-14)17-20-16(21)10-9-15-12(2)18-19-13(15)3/h4-8,12-13,15,18-19H,9-10H2,1-3H3,(H,20,21)/b17-11+. The maximum atomic E-state index is 11.9. The molecule has 5 nitrogen and oxygen atoms in total. The third kappa shape index (κ3) is 4.37. The van der Waals surface area contributed by atoms with Crippen molar-refractivity contribution in [3.8, 4) is 0 Å². The SMILES string of the molecule is C/C(=N\NC(=O)CCC1C(C)NNC1C)c1ccccc1. The first-order valence-corrected chi connectivity index (χ1v) is 7.47. The van der Waals surface area contributed by atoms with Gasteiger partial charge < -0.3 is 0 Å². The molecule has 1 aromatic rings. The molecule has 1 aromatic carbocycles. The van der Waals surface area contributed by atoms with Crippen molar-refractivity contribution in [1.29, 1.82) is 0 Å². The molecule has 1 aliphatic rings. The van der Waals surface area contributed by atoms with Crippen LogP contribution in [-0.4, -0.2) is 23.7 Å². The first kappa shape index (κ1) is 15.7. The fourth-order valence-electron chi connectivity index (χ4n) is 2.65. The molecule has 1 amide bonds. The summed E-state index contributed by atoms with van der Waals surface area (Å²) in [6, 6.07) is 10.6. The maximum Gasteiger partial charge on any atom is 0.240 e. The quantitative estimate of drug-likeness (QED) is 0.572. The van der Waals surface area contributed by atoms with E-state index in [0.717, 1.165) is 17.7 Å². The maximum absolute atomic E-state index is 11.9. The van der Waals surface area contributed by atoms with Gasteiger partial charge in [-0.15, -0.1) is 0 Å². The van der Waals surface area contributed by atoms with Crippen LogP contribution in [0, 0.1) is 5.92 Å². The molecule has 0 bridgehead atoms. The molecule has 1 heterocycles. The zero-order valence-electron chi connectivity index (χ0n) is 12.9. The number of amides is 1. The number of hydrazine groups is 1. The summed E-state index contributed by atoms with van der Waals surface area (Å²) in [4.78, 5) is 11.9. The molecule has 2 rings (SSSR count). The predicted molar refractivity (Wildman–Crippen MR) is 84.7 cm³/mol. The third-order valence-corrected chi connectivity index (χ3v) is 4.07. The predicted octanol–water partition coefficient (Wildman–Crippen LogP) is 1.81. The van der Waals surface area contributed by atoms with Crippen LogP contribution in [0.25, 0.3) is 0 Å². The summed E-state index contributed by atoms with van der Waals surface area (Å²) < 4.78 is 0. The van der Waals surface area contributed by atoms with Crippen molar-refractivity contribution in [3.63, 3.8) is 0 Å². The molecule has 2 atom stereocenters. The number of hydrogen-bond acceptors (Lipinski definition) is 4. The Hall–Kier alpha value is -1.72. The number of nitrogens with zero attached hydrogens (tertiary/aromatic N) is 1. The van der Waals surface area contributed by atoms with E-state index in [9.17, 15) is 4.79 Å². The minimum absolute atomic E-state index is 0.0309. The molecule has 2 unspecified atom stereocenters. The van der Waals surface area contributed by atoms with Gasteiger partial charge in [0.25, 0.3) is 0 Å². The van der Waals surface area contributed by atoms with E-state index in [2.05, 4.69) is 35.2 Å². The van der Waals surface area contributed by atoms with Crippen LogP contribution < -0.4 is 16.3 Å². The first-order chi connectivity index (χ1) is 10.1. The molecule has 21 heavy (non-hydrogen) atoms. The lowest BCUT2D eigenvalue weighted by atomic mass is 9.91. The molecule has 114 valence electrons. The van der Waals surface area contributed by atoms with Crippen LogP contribution in [0.1, 0.15) is 39.2 Å². The second kappa shape index (κ2) is 7.33. The smallest absolute Gasteiger partial charge is 0.240 e. The topological polar surface area (TPSA) is 65.5 Å². The fourth-order valence-corrected chi connectivity index (χ4v) is 2.65. The summed E-state index contributed by atoms with van der Waals surface area (Å²) in [5, 5.41) is 4.16. The van der Waals surface area contributed by atoms with Gasteiger partial charge in [-0.3, -0.25) is 15.6 Å². The van der Waals surface area contributed by atoms with E-state index >= 15 is 0 Å². The molecule has 0 radical (unpaired) electrons. The molecule has 5 heteroatoms. The molecular weight excluding hydrogens is 264 g/mol. The average Bonchev–Trinajstić information content (AvgIpc) is 2.82. The second-order valence-electron chi connectivity index (χ2n) is 5.67. The molecule has 1 saturated heterocycles. The first-order valence-electron chi connectivity index (χ1n) is 7.47. The molecule has 0 saturated carbocycles. The largest absolute Gasteiger partial charge is 0.273 e. The van der Waals surface area contributed by atoms with E-state index in [4.69, 9.17) is 0 Å². The van der Waals surface area contributed by atoms with Gasteiger partial charge in [0.15, 0.2) is 0 Å². The number of hydrazone groups is 1. The number of benzene rings is 1. The van der Waals surface area contributed by atoms with Gasteiger partial charge in [0.2, 0.25) is 5.91 Å². The molecule has 0 aromatic heterocycles. The highest BCUT2D eigenvalue weighted by molar-refractivity contribution is 5.99. The van der Waals surface area contributed by atoms with Gasteiger partial charge in [-0.05, 0) is 38.7 Å². The zero-order chi connectivity index (χ0) is 15.2. The van der Waals surface area contributed by atoms with Gasteiger partial charge in [0.1, 0.15) is 0 Å². The van der Waals surface area contributed by atoms with E-state index < -0.39 is 0 Å². The van der Waals surface area contributed by atoms with Gasteiger partial charge in [0, 0.05) is 18.5 Å². The highest BCUT2D eigenvalue weighted by Crippen LogP contribution is 2.19. The second-order valence-corrected chi connectivity index (χ2v) is 5.67. The number of carbonyl (C=O) groups excluding carboxylic acids is 1. The minimum Gasteiger partial charge on any atom is -0.273 e. The fraction of sp³-hybridized carbons (Fsp3) is 0.500. The van der Waals surface area contributed by atoms with Crippen molar-refractivity contribution in [2.24, 2.45) is 11.0 Å². The van der Waals surface area contributed by atoms with Crippen molar-refractivity contribution < 1.29 is 4.79 Å². The Balaban J connectivity index is 1.80. The molecule has 0 aliphatic carbocycles. The van der Waals surface area contributed by atoms with Crippen LogP contribution in [0.15, 0.2) is 35.4 Å². The van der Waals surface area contributed by atoms with E-state index in [1.165, 1.54) is 0 Å². The van der Waals surface area contributed by atoms with Gasteiger partial charge in [-0.25, -0.2) is 5.43 Å². The summed E-state index contributed by atoms with van der Waals surface area (Å²) in [5.41, 5.74) is 10.9. The number of carbonyl (C=O) groups is 1. The molecule has 1 fully saturated rings. The molecule has 1 aliphatic heterocycles. The summed E-state index contributed by atoms with van der Waals surface area (Å²) in [6.07, 6.45) is 1.35. The van der Waals surface area contributed by atoms with Crippen molar-refractivity contribution >= 4 is 11.6 Å².